The Kier molecular flexibility index (Phi) is 6.02. The number of ketones is 1. The van der Waals surface area contributed by atoms with Crippen LogP contribution < -0.4 is 4.74 Å². The van der Waals surface area contributed by atoms with Crippen LogP contribution in [0.4, 0.5) is 0 Å². The number of likely N-dealkylation sites (tertiary alicyclic amines) is 1. The lowest BCUT2D eigenvalue weighted by atomic mass is 9.95. The van der Waals surface area contributed by atoms with Crippen molar-refractivity contribution in [3.05, 3.63) is 70.3 Å². The van der Waals surface area contributed by atoms with Gasteiger partial charge in [0.15, 0.2) is 0 Å². The molecule has 0 aromatic heterocycles. The van der Waals surface area contributed by atoms with Crippen molar-refractivity contribution in [3.8, 4) is 5.75 Å². The first kappa shape index (κ1) is 19.9. The van der Waals surface area contributed by atoms with E-state index in [0.29, 0.717) is 28.3 Å². The van der Waals surface area contributed by atoms with Crippen LogP contribution in [0.1, 0.15) is 23.6 Å². The van der Waals surface area contributed by atoms with Gasteiger partial charge in [0, 0.05) is 23.7 Å². The molecule has 0 bridgehead atoms. The number of hydrogen-bond acceptors (Lipinski definition) is 5. The SMILES string of the molecule is COc1ccc([C@@H]2/C(=C(\O)c3ccc(Cl)cc3)C(=O)C(=O)N2CCCO)cc1. The van der Waals surface area contributed by atoms with E-state index in [1.165, 1.54) is 4.90 Å². The van der Waals surface area contributed by atoms with Crippen molar-refractivity contribution in [1.29, 1.82) is 0 Å². The van der Waals surface area contributed by atoms with Gasteiger partial charge in [0.2, 0.25) is 0 Å². The molecule has 0 unspecified atom stereocenters. The lowest BCUT2D eigenvalue weighted by Crippen LogP contribution is -2.31. The number of Topliss-reactive ketones (excluding diaryl/α,β-unsaturated/α-hetero) is 1. The summed E-state index contributed by atoms with van der Waals surface area (Å²) >= 11 is 5.90. The highest BCUT2D eigenvalue weighted by atomic mass is 35.5. The van der Waals surface area contributed by atoms with Crippen LogP contribution >= 0.6 is 11.6 Å². The second-order valence-electron chi connectivity index (χ2n) is 6.35. The molecule has 0 radical (unpaired) electrons. The lowest BCUT2D eigenvalue weighted by molar-refractivity contribution is -0.140. The molecular formula is C21H20ClNO5. The van der Waals surface area contributed by atoms with Crippen molar-refractivity contribution >= 4 is 29.1 Å². The quantitative estimate of drug-likeness (QED) is 0.441. The molecule has 0 saturated carbocycles. The third-order valence-electron chi connectivity index (χ3n) is 4.65. The zero-order valence-corrected chi connectivity index (χ0v) is 16.0. The van der Waals surface area contributed by atoms with Crippen LogP contribution in [0.2, 0.25) is 5.02 Å². The fourth-order valence-corrected chi connectivity index (χ4v) is 3.37. The monoisotopic (exact) mass is 401 g/mol. The molecule has 1 aliphatic heterocycles. The van der Waals surface area contributed by atoms with E-state index in [0.717, 1.165) is 0 Å². The van der Waals surface area contributed by atoms with Gasteiger partial charge in [-0.1, -0.05) is 23.7 Å². The Morgan fingerprint density at radius 2 is 1.75 bits per heavy atom. The number of benzene rings is 2. The van der Waals surface area contributed by atoms with E-state index >= 15 is 0 Å². The lowest BCUT2D eigenvalue weighted by Gasteiger charge is -2.25. The second-order valence-corrected chi connectivity index (χ2v) is 6.79. The van der Waals surface area contributed by atoms with Gasteiger partial charge >= 0.3 is 0 Å². The first-order chi connectivity index (χ1) is 13.5. The summed E-state index contributed by atoms with van der Waals surface area (Å²) in [6.07, 6.45) is 0.320. The van der Waals surface area contributed by atoms with Crippen LogP contribution in [0, 0.1) is 0 Å². The zero-order valence-electron chi connectivity index (χ0n) is 15.3. The third-order valence-corrected chi connectivity index (χ3v) is 4.90. The molecule has 0 aliphatic carbocycles. The Morgan fingerprint density at radius 1 is 1.11 bits per heavy atom. The van der Waals surface area contributed by atoms with Gasteiger partial charge in [-0.3, -0.25) is 9.59 Å². The molecule has 7 heteroatoms. The summed E-state index contributed by atoms with van der Waals surface area (Å²) in [5.41, 5.74) is 1.06. The van der Waals surface area contributed by atoms with Crippen molar-refractivity contribution in [3.63, 3.8) is 0 Å². The first-order valence-electron chi connectivity index (χ1n) is 8.77. The summed E-state index contributed by atoms with van der Waals surface area (Å²) < 4.78 is 5.17. The molecule has 2 N–H and O–H groups in total. The van der Waals surface area contributed by atoms with E-state index in [-0.39, 0.29) is 24.5 Å². The zero-order chi connectivity index (χ0) is 20.3. The van der Waals surface area contributed by atoms with E-state index in [4.69, 9.17) is 21.4 Å². The van der Waals surface area contributed by atoms with Gasteiger partial charge in [0.05, 0.1) is 18.7 Å². The minimum atomic E-state index is -0.758. The van der Waals surface area contributed by atoms with Gasteiger partial charge in [-0.05, 0) is 48.4 Å². The normalized spacial score (nSPS) is 18.5. The van der Waals surface area contributed by atoms with E-state index in [1.54, 1.807) is 55.6 Å². The molecule has 2 aromatic rings. The topological polar surface area (TPSA) is 87.1 Å². The number of methoxy groups -OCH3 is 1. The standard InChI is InChI=1S/C21H20ClNO5/c1-28-16-9-5-13(6-10-16)18-17(19(25)14-3-7-15(22)8-4-14)20(26)21(27)23(18)11-2-12-24/h3-10,18,24-25H,2,11-12H2,1H3/b19-17+/t18-/m1/s1. The van der Waals surface area contributed by atoms with Gasteiger partial charge in [-0.25, -0.2) is 0 Å². The summed E-state index contributed by atoms with van der Waals surface area (Å²) in [6, 6.07) is 12.6. The number of nitrogens with zero attached hydrogens (tertiary/aromatic N) is 1. The van der Waals surface area contributed by atoms with E-state index < -0.39 is 17.7 Å². The second kappa shape index (κ2) is 8.46. The average molecular weight is 402 g/mol. The summed E-state index contributed by atoms with van der Waals surface area (Å²) in [4.78, 5) is 26.7. The summed E-state index contributed by atoms with van der Waals surface area (Å²) in [6.45, 7) is 0.0741. The molecule has 0 spiro atoms. The van der Waals surface area contributed by atoms with Crippen LogP contribution in [-0.2, 0) is 9.59 Å². The fraction of sp³-hybridized carbons (Fsp3) is 0.238. The number of carbonyl (C=O) groups excluding carboxylic acids is 2. The van der Waals surface area contributed by atoms with Crippen molar-refractivity contribution in [2.45, 2.75) is 12.5 Å². The van der Waals surface area contributed by atoms with Gasteiger partial charge in [-0.2, -0.15) is 0 Å². The van der Waals surface area contributed by atoms with E-state index in [2.05, 4.69) is 0 Å². The molecule has 1 fully saturated rings. The Bertz CT molecular complexity index is 905. The third kappa shape index (κ3) is 3.74. The maximum Gasteiger partial charge on any atom is 0.295 e. The van der Waals surface area contributed by atoms with Crippen LogP contribution in [0.3, 0.4) is 0 Å². The minimum absolute atomic E-state index is 0.00966. The molecule has 1 aliphatic rings. The van der Waals surface area contributed by atoms with Crippen molar-refractivity contribution in [2.75, 3.05) is 20.3 Å². The van der Waals surface area contributed by atoms with E-state index in [1.807, 2.05) is 0 Å². The number of aliphatic hydroxyl groups excluding tert-OH is 2. The predicted molar refractivity (Wildman–Crippen MR) is 105 cm³/mol. The van der Waals surface area contributed by atoms with E-state index in [9.17, 15) is 14.7 Å². The summed E-state index contributed by atoms with van der Waals surface area (Å²) in [5, 5.41) is 20.5. The van der Waals surface area contributed by atoms with Crippen LogP contribution in [-0.4, -0.2) is 47.1 Å². The van der Waals surface area contributed by atoms with Crippen molar-refractivity contribution < 1.29 is 24.5 Å². The maximum absolute atomic E-state index is 12.7. The molecule has 1 atom stereocenters. The van der Waals surface area contributed by atoms with Crippen LogP contribution in [0.5, 0.6) is 5.75 Å². The number of rotatable bonds is 6. The summed E-state index contributed by atoms with van der Waals surface area (Å²) in [7, 11) is 1.54. The van der Waals surface area contributed by atoms with Gasteiger partial charge in [0.25, 0.3) is 11.7 Å². The molecule has 146 valence electrons. The maximum atomic E-state index is 12.7. The van der Waals surface area contributed by atoms with Gasteiger partial charge in [0.1, 0.15) is 11.5 Å². The first-order valence-corrected chi connectivity index (χ1v) is 9.15. The molecule has 1 saturated heterocycles. The molecule has 6 nitrogen and oxygen atoms in total. The Morgan fingerprint density at radius 3 is 2.32 bits per heavy atom. The number of carbonyl (C=O) groups is 2. The number of hydrogen-bond donors (Lipinski definition) is 2. The van der Waals surface area contributed by atoms with Crippen LogP contribution in [0.25, 0.3) is 5.76 Å². The molecule has 1 heterocycles. The Labute approximate surface area is 167 Å². The molecule has 3 rings (SSSR count). The number of aliphatic hydroxyl groups is 2. The molecular weight excluding hydrogens is 382 g/mol. The number of ether oxygens (including phenoxy) is 1. The fourth-order valence-electron chi connectivity index (χ4n) is 3.25. The highest BCUT2D eigenvalue weighted by molar-refractivity contribution is 6.46. The highest BCUT2D eigenvalue weighted by Gasteiger charge is 2.45. The van der Waals surface area contributed by atoms with Gasteiger partial charge < -0.3 is 19.8 Å². The van der Waals surface area contributed by atoms with Crippen molar-refractivity contribution in [2.24, 2.45) is 0 Å². The molecule has 1 amide bonds. The molecule has 28 heavy (non-hydrogen) atoms. The summed E-state index contributed by atoms with van der Waals surface area (Å²) in [5.74, 6) is -1.09. The Balaban J connectivity index is 2.13. The smallest absolute Gasteiger partial charge is 0.295 e. The Hall–Kier alpha value is -2.83. The molecule has 2 aromatic carbocycles. The number of halogens is 1. The minimum Gasteiger partial charge on any atom is -0.507 e. The van der Waals surface area contributed by atoms with Crippen LogP contribution in [0.15, 0.2) is 54.1 Å². The predicted octanol–water partition coefficient (Wildman–Crippen LogP) is 3.15. The number of amides is 1. The van der Waals surface area contributed by atoms with Crippen molar-refractivity contribution in [1.82, 2.24) is 4.90 Å². The largest absolute Gasteiger partial charge is 0.507 e. The van der Waals surface area contributed by atoms with Gasteiger partial charge in [-0.15, -0.1) is 0 Å². The highest BCUT2D eigenvalue weighted by Crippen LogP contribution is 2.39. The average Bonchev–Trinajstić information content (AvgIpc) is 2.97.